The van der Waals surface area contributed by atoms with Gasteiger partial charge in [-0.2, -0.15) is 0 Å². The molecule has 0 radical (unpaired) electrons. The maximum atomic E-state index is 12.6. The third kappa shape index (κ3) is 1.57. The van der Waals surface area contributed by atoms with Crippen molar-refractivity contribution < 1.29 is 4.79 Å². The maximum absolute atomic E-state index is 12.6. The molecular weight excluding hydrogens is 232 g/mol. The van der Waals surface area contributed by atoms with Crippen LogP contribution in [-0.4, -0.2) is 5.78 Å². The zero-order chi connectivity index (χ0) is 13.0. The summed E-state index contributed by atoms with van der Waals surface area (Å²) in [5.41, 5.74) is 5.51. The third-order valence-corrected chi connectivity index (χ3v) is 5.58. The summed E-state index contributed by atoms with van der Waals surface area (Å²) >= 11 is 0. The number of allylic oxidation sites excluding steroid dienone is 2. The third-order valence-electron chi connectivity index (χ3n) is 5.58. The van der Waals surface area contributed by atoms with Crippen molar-refractivity contribution in [2.24, 2.45) is 11.3 Å². The lowest BCUT2D eigenvalue weighted by molar-refractivity contribution is 0.0823. The molecule has 1 aromatic rings. The molecule has 2 unspecified atom stereocenters. The van der Waals surface area contributed by atoms with Gasteiger partial charge in [0, 0.05) is 12.0 Å². The van der Waals surface area contributed by atoms with E-state index in [0.29, 0.717) is 5.78 Å². The first-order valence-electron chi connectivity index (χ1n) is 7.53. The highest BCUT2D eigenvalue weighted by molar-refractivity contribution is 5.99. The summed E-state index contributed by atoms with van der Waals surface area (Å²) in [6.07, 6.45) is 8.99. The molecule has 0 heterocycles. The fourth-order valence-corrected chi connectivity index (χ4v) is 4.53. The largest absolute Gasteiger partial charge is 0.294 e. The van der Waals surface area contributed by atoms with Crippen LogP contribution in [0.4, 0.5) is 0 Å². The van der Waals surface area contributed by atoms with Crippen molar-refractivity contribution in [3.05, 3.63) is 46.5 Å². The van der Waals surface area contributed by atoms with Crippen LogP contribution in [0, 0.1) is 11.3 Å². The van der Waals surface area contributed by atoms with E-state index in [-0.39, 0.29) is 5.41 Å². The van der Waals surface area contributed by atoms with Crippen molar-refractivity contribution in [1.29, 1.82) is 0 Å². The van der Waals surface area contributed by atoms with Crippen LogP contribution in [0.1, 0.15) is 54.1 Å². The van der Waals surface area contributed by atoms with Crippen molar-refractivity contribution in [2.75, 3.05) is 0 Å². The quantitative estimate of drug-likeness (QED) is 0.688. The first-order valence-corrected chi connectivity index (χ1v) is 7.53. The van der Waals surface area contributed by atoms with Crippen LogP contribution in [0.2, 0.25) is 0 Å². The Hall–Kier alpha value is -1.37. The van der Waals surface area contributed by atoms with Gasteiger partial charge in [-0.1, -0.05) is 30.7 Å². The number of benzene rings is 1. The molecule has 1 aromatic carbocycles. The van der Waals surface area contributed by atoms with E-state index < -0.39 is 0 Å². The molecule has 0 N–H and O–H groups in total. The molecule has 2 atom stereocenters. The first kappa shape index (κ1) is 11.5. The van der Waals surface area contributed by atoms with Crippen LogP contribution in [0.25, 0.3) is 0 Å². The molecular formula is C18H20O. The fourth-order valence-electron chi connectivity index (χ4n) is 4.53. The monoisotopic (exact) mass is 252 g/mol. The molecule has 3 aliphatic carbocycles. The predicted molar refractivity (Wildman–Crippen MR) is 76.3 cm³/mol. The van der Waals surface area contributed by atoms with Crippen molar-refractivity contribution in [2.45, 2.75) is 45.4 Å². The average molecular weight is 252 g/mol. The molecule has 0 aliphatic heterocycles. The number of carbonyl (C=O) groups excluding carboxylic acids is 1. The lowest BCUT2D eigenvalue weighted by atomic mass is 9.63. The molecule has 4 rings (SSSR count). The summed E-state index contributed by atoms with van der Waals surface area (Å²) in [4.78, 5) is 12.6. The molecule has 1 spiro atoms. The van der Waals surface area contributed by atoms with Gasteiger partial charge in [0.25, 0.3) is 0 Å². The van der Waals surface area contributed by atoms with Gasteiger partial charge < -0.3 is 0 Å². The van der Waals surface area contributed by atoms with E-state index in [0.717, 1.165) is 30.7 Å². The molecule has 1 saturated carbocycles. The number of fused-ring (bicyclic) bond motifs is 4. The second-order valence-corrected chi connectivity index (χ2v) is 6.66. The second kappa shape index (κ2) is 3.82. The Morgan fingerprint density at radius 3 is 2.84 bits per heavy atom. The molecule has 0 saturated heterocycles. The fraction of sp³-hybridized carbons (Fsp3) is 0.500. The van der Waals surface area contributed by atoms with Crippen LogP contribution in [0.3, 0.4) is 0 Å². The van der Waals surface area contributed by atoms with Crippen LogP contribution in [-0.2, 0) is 12.8 Å². The lowest BCUT2D eigenvalue weighted by Crippen LogP contribution is -2.36. The number of carbonyl (C=O) groups is 1. The minimum atomic E-state index is 0.280. The van der Waals surface area contributed by atoms with Crippen LogP contribution in [0.5, 0.6) is 0 Å². The van der Waals surface area contributed by atoms with E-state index in [4.69, 9.17) is 0 Å². The highest BCUT2D eigenvalue weighted by Gasteiger charge is 2.50. The standard InChI is InChI=1S/C18H20O/c1-2-12-3-5-14-10-18(11-17(19)16(14)8-12)9-13-4-6-15(18)7-13/h3-5,8,15H,2,6-7,9-11H2,1H3. The van der Waals surface area contributed by atoms with Gasteiger partial charge in [0.15, 0.2) is 5.78 Å². The van der Waals surface area contributed by atoms with Crippen molar-refractivity contribution in [1.82, 2.24) is 0 Å². The SMILES string of the molecule is CCc1ccc2c(c1)C(=O)CC1(CC3=CCC1C3)C2. The Bertz CT molecular complexity index is 596. The Morgan fingerprint density at radius 1 is 1.26 bits per heavy atom. The van der Waals surface area contributed by atoms with E-state index in [2.05, 4.69) is 31.2 Å². The molecule has 2 bridgehead atoms. The minimum Gasteiger partial charge on any atom is -0.294 e. The Labute approximate surface area is 114 Å². The lowest BCUT2D eigenvalue weighted by Gasteiger charge is -2.39. The summed E-state index contributed by atoms with van der Waals surface area (Å²) in [6, 6.07) is 6.56. The van der Waals surface area contributed by atoms with Gasteiger partial charge in [-0.3, -0.25) is 4.79 Å². The maximum Gasteiger partial charge on any atom is 0.163 e. The molecule has 0 amide bonds. The van der Waals surface area contributed by atoms with Crippen LogP contribution in [0.15, 0.2) is 29.8 Å². The van der Waals surface area contributed by atoms with Crippen LogP contribution < -0.4 is 0 Å². The molecule has 98 valence electrons. The topological polar surface area (TPSA) is 17.1 Å². The Kier molecular flexibility index (Phi) is 2.30. The number of hydrogen-bond donors (Lipinski definition) is 0. The van der Waals surface area contributed by atoms with Gasteiger partial charge in [0.2, 0.25) is 0 Å². The number of aryl methyl sites for hydroxylation is 1. The number of ketones is 1. The zero-order valence-electron chi connectivity index (χ0n) is 11.5. The van der Waals surface area contributed by atoms with Gasteiger partial charge >= 0.3 is 0 Å². The van der Waals surface area contributed by atoms with E-state index >= 15 is 0 Å². The predicted octanol–water partition coefficient (Wildman–Crippen LogP) is 4.10. The van der Waals surface area contributed by atoms with E-state index in [1.807, 2.05) is 0 Å². The van der Waals surface area contributed by atoms with E-state index in [1.165, 1.54) is 30.4 Å². The normalized spacial score (nSPS) is 31.7. The summed E-state index contributed by atoms with van der Waals surface area (Å²) in [7, 11) is 0. The second-order valence-electron chi connectivity index (χ2n) is 6.66. The summed E-state index contributed by atoms with van der Waals surface area (Å²) in [6.45, 7) is 2.15. The van der Waals surface area contributed by atoms with Crippen LogP contribution >= 0.6 is 0 Å². The highest BCUT2D eigenvalue weighted by atomic mass is 16.1. The minimum absolute atomic E-state index is 0.280. The van der Waals surface area contributed by atoms with E-state index in [9.17, 15) is 4.79 Å². The molecule has 0 aromatic heterocycles. The van der Waals surface area contributed by atoms with E-state index in [1.54, 1.807) is 5.57 Å². The van der Waals surface area contributed by atoms with Crippen molar-refractivity contribution in [3.8, 4) is 0 Å². The number of hydrogen-bond acceptors (Lipinski definition) is 1. The van der Waals surface area contributed by atoms with Crippen molar-refractivity contribution in [3.63, 3.8) is 0 Å². The Morgan fingerprint density at radius 2 is 2.16 bits per heavy atom. The molecule has 1 heteroatoms. The highest BCUT2D eigenvalue weighted by Crippen LogP contribution is 2.58. The molecule has 19 heavy (non-hydrogen) atoms. The number of rotatable bonds is 1. The molecule has 1 nitrogen and oxygen atoms in total. The summed E-state index contributed by atoms with van der Waals surface area (Å²) in [5, 5.41) is 0. The smallest absolute Gasteiger partial charge is 0.163 e. The Balaban J connectivity index is 1.75. The van der Waals surface area contributed by atoms with Gasteiger partial charge in [-0.15, -0.1) is 0 Å². The summed E-state index contributed by atoms with van der Waals surface area (Å²) in [5.74, 6) is 1.13. The molecule has 1 fully saturated rings. The van der Waals surface area contributed by atoms with Gasteiger partial charge in [0.1, 0.15) is 0 Å². The average Bonchev–Trinajstić information content (AvgIpc) is 2.99. The first-order chi connectivity index (χ1) is 9.20. The van der Waals surface area contributed by atoms with Gasteiger partial charge in [0.05, 0.1) is 0 Å². The number of Topliss-reactive ketones (excluding diaryl/α,β-unsaturated/α-hetero) is 1. The summed E-state index contributed by atoms with van der Waals surface area (Å²) < 4.78 is 0. The van der Waals surface area contributed by atoms with Crippen molar-refractivity contribution >= 4 is 5.78 Å². The van der Waals surface area contributed by atoms with Gasteiger partial charge in [-0.25, -0.2) is 0 Å². The van der Waals surface area contributed by atoms with Gasteiger partial charge in [-0.05, 0) is 60.6 Å². The molecule has 3 aliphatic rings. The zero-order valence-corrected chi connectivity index (χ0v) is 11.5.